The van der Waals surface area contributed by atoms with Crippen LogP contribution in [0, 0.1) is 0 Å². The lowest BCUT2D eigenvalue weighted by atomic mass is 9.98. The van der Waals surface area contributed by atoms with Crippen molar-refractivity contribution in [2.75, 3.05) is 7.11 Å². The van der Waals surface area contributed by atoms with Crippen LogP contribution in [0.3, 0.4) is 0 Å². The van der Waals surface area contributed by atoms with Gasteiger partial charge in [0.1, 0.15) is 5.69 Å². The Balaban J connectivity index is 1.81. The molecule has 0 fully saturated rings. The second-order valence-corrected chi connectivity index (χ2v) is 5.75. The van der Waals surface area contributed by atoms with E-state index in [1.807, 2.05) is 42.6 Å². The zero-order chi connectivity index (χ0) is 17.9. The molecule has 0 amide bonds. The number of rotatable bonds is 3. The van der Waals surface area contributed by atoms with Gasteiger partial charge in [-0.05, 0) is 53.1 Å². The summed E-state index contributed by atoms with van der Waals surface area (Å²) in [5, 5.41) is 1.05. The molecule has 5 nitrogen and oxygen atoms in total. The molecule has 0 saturated carbocycles. The van der Waals surface area contributed by atoms with Crippen LogP contribution >= 0.6 is 0 Å². The van der Waals surface area contributed by atoms with E-state index in [1.54, 1.807) is 24.7 Å². The smallest absolute Gasteiger partial charge is 0.356 e. The van der Waals surface area contributed by atoms with Gasteiger partial charge >= 0.3 is 5.97 Å². The summed E-state index contributed by atoms with van der Waals surface area (Å²) >= 11 is 0. The van der Waals surface area contributed by atoms with E-state index in [4.69, 9.17) is 0 Å². The molecule has 4 aromatic rings. The van der Waals surface area contributed by atoms with Gasteiger partial charge in [0.2, 0.25) is 0 Å². The van der Waals surface area contributed by atoms with Crippen LogP contribution in [0.2, 0.25) is 0 Å². The molecular weight excluding hydrogens is 326 g/mol. The molecule has 0 saturated heterocycles. The van der Waals surface area contributed by atoms with Crippen molar-refractivity contribution in [1.29, 1.82) is 0 Å². The first-order valence-corrected chi connectivity index (χ1v) is 8.10. The van der Waals surface area contributed by atoms with Gasteiger partial charge in [0, 0.05) is 35.7 Å². The van der Waals surface area contributed by atoms with Crippen molar-refractivity contribution in [1.82, 2.24) is 15.0 Å². The summed E-state index contributed by atoms with van der Waals surface area (Å²) in [6.45, 7) is 0. The molecule has 0 aliphatic carbocycles. The second kappa shape index (κ2) is 6.72. The van der Waals surface area contributed by atoms with Gasteiger partial charge in [-0.25, -0.2) is 9.78 Å². The van der Waals surface area contributed by atoms with Crippen molar-refractivity contribution in [2.24, 2.45) is 0 Å². The number of fused-ring (bicyclic) bond motifs is 1. The first-order chi connectivity index (χ1) is 12.8. The Labute approximate surface area is 150 Å². The van der Waals surface area contributed by atoms with Crippen LogP contribution in [0.5, 0.6) is 0 Å². The maximum absolute atomic E-state index is 11.5. The minimum absolute atomic E-state index is 0.288. The maximum atomic E-state index is 11.5. The van der Waals surface area contributed by atoms with Gasteiger partial charge in [-0.2, -0.15) is 0 Å². The van der Waals surface area contributed by atoms with Crippen LogP contribution < -0.4 is 0 Å². The molecule has 0 radical (unpaired) electrons. The summed E-state index contributed by atoms with van der Waals surface area (Å²) in [6, 6.07) is 15.6. The summed E-state index contributed by atoms with van der Waals surface area (Å²) in [4.78, 5) is 24.3. The summed E-state index contributed by atoms with van der Waals surface area (Å²) in [5.74, 6) is -0.445. The van der Waals surface area contributed by atoms with Gasteiger partial charge in [-0.1, -0.05) is 12.1 Å². The third-order valence-corrected chi connectivity index (χ3v) is 4.22. The number of ether oxygens (including phenoxy) is 1. The Bertz CT molecular complexity index is 1080. The minimum atomic E-state index is -0.445. The number of methoxy groups -OCH3 is 1. The number of carbonyl (C=O) groups excluding carboxylic acids is 1. The minimum Gasteiger partial charge on any atom is -0.464 e. The predicted octanol–water partition coefficient (Wildman–Crippen LogP) is 4.15. The number of pyridine rings is 3. The molecule has 126 valence electrons. The number of nitrogens with zero attached hydrogens (tertiary/aromatic N) is 3. The molecule has 0 aliphatic heterocycles. The maximum Gasteiger partial charge on any atom is 0.356 e. The monoisotopic (exact) mass is 341 g/mol. The Morgan fingerprint density at radius 1 is 0.846 bits per heavy atom. The highest BCUT2D eigenvalue weighted by atomic mass is 16.5. The molecule has 1 aromatic carbocycles. The topological polar surface area (TPSA) is 65.0 Å². The van der Waals surface area contributed by atoms with E-state index in [1.165, 1.54) is 7.11 Å². The Hall–Kier alpha value is -3.60. The third kappa shape index (κ3) is 2.91. The van der Waals surface area contributed by atoms with Gasteiger partial charge in [-0.15, -0.1) is 0 Å². The van der Waals surface area contributed by atoms with Crippen LogP contribution in [0.15, 0.2) is 73.3 Å². The Kier molecular flexibility index (Phi) is 4.11. The second-order valence-electron chi connectivity index (χ2n) is 5.75. The summed E-state index contributed by atoms with van der Waals surface area (Å²) in [7, 11) is 1.34. The zero-order valence-corrected chi connectivity index (χ0v) is 14.1. The fraction of sp³-hybridized carbons (Fsp3) is 0.0476. The van der Waals surface area contributed by atoms with Crippen LogP contribution in [-0.4, -0.2) is 28.0 Å². The molecule has 0 unspecified atom stereocenters. The van der Waals surface area contributed by atoms with Gasteiger partial charge in [-0.3, -0.25) is 9.97 Å². The van der Waals surface area contributed by atoms with E-state index in [2.05, 4.69) is 25.8 Å². The SMILES string of the molecule is COC(=O)c1ccc(-c2ccc3nccc(-c4ccncc4)c3c2)cn1. The number of hydrogen-bond donors (Lipinski definition) is 0. The summed E-state index contributed by atoms with van der Waals surface area (Å²) < 4.78 is 4.69. The molecular formula is C21H15N3O2. The number of hydrogen-bond acceptors (Lipinski definition) is 5. The van der Waals surface area contributed by atoms with Crippen molar-refractivity contribution >= 4 is 16.9 Å². The number of benzene rings is 1. The highest BCUT2D eigenvalue weighted by Crippen LogP contribution is 2.30. The quantitative estimate of drug-likeness (QED) is 0.524. The van der Waals surface area contributed by atoms with Gasteiger partial charge in [0.15, 0.2) is 0 Å². The van der Waals surface area contributed by atoms with Crippen LogP contribution in [0.1, 0.15) is 10.5 Å². The lowest BCUT2D eigenvalue weighted by Gasteiger charge is -2.09. The van der Waals surface area contributed by atoms with Crippen molar-refractivity contribution in [2.45, 2.75) is 0 Å². The normalized spacial score (nSPS) is 10.7. The van der Waals surface area contributed by atoms with Crippen LogP contribution in [0.4, 0.5) is 0 Å². The molecule has 5 heteroatoms. The Morgan fingerprint density at radius 3 is 2.38 bits per heavy atom. The lowest BCUT2D eigenvalue weighted by molar-refractivity contribution is 0.0594. The molecule has 4 rings (SSSR count). The van der Waals surface area contributed by atoms with Gasteiger partial charge in [0.05, 0.1) is 12.6 Å². The fourth-order valence-corrected chi connectivity index (χ4v) is 2.90. The highest BCUT2D eigenvalue weighted by molar-refractivity contribution is 5.96. The van der Waals surface area contributed by atoms with Gasteiger partial charge < -0.3 is 4.74 Å². The van der Waals surface area contributed by atoms with Crippen molar-refractivity contribution in [3.05, 3.63) is 79.0 Å². The average Bonchev–Trinajstić information content (AvgIpc) is 2.73. The van der Waals surface area contributed by atoms with E-state index in [0.717, 1.165) is 33.2 Å². The molecule has 0 N–H and O–H groups in total. The lowest BCUT2D eigenvalue weighted by Crippen LogP contribution is -2.03. The number of carbonyl (C=O) groups is 1. The summed E-state index contributed by atoms with van der Waals surface area (Å²) in [6.07, 6.45) is 7.04. The van der Waals surface area contributed by atoms with Crippen molar-refractivity contribution in [3.63, 3.8) is 0 Å². The first kappa shape index (κ1) is 15.9. The van der Waals surface area contributed by atoms with Crippen molar-refractivity contribution in [3.8, 4) is 22.3 Å². The van der Waals surface area contributed by atoms with Crippen LogP contribution in [-0.2, 0) is 4.74 Å². The third-order valence-electron chi connectivity index (χ3n) is 4.22. The summed E-state index contributed by atoms with van der Waals surface area (Å²) in [5.41, 5.74) is 5.31. The molecule has 3 aromatic heterocycles. The fourth-order valence-electron chi connectivity index (χ4n) is 2.90. The molecule has 0 aliphatic rings. The molecule has 0 spiro atoms. The standard InChI is InChI=1S/C21H15N3O2/c1-26-21(25)20-5-3-16(13-24-20)15-2-4-19-18(12-15)17(8-11-23-19)14-6-9-22-10-7-14/h2-13H,1H3. The first-order valence-electron chi connectivity index (χ1n) is 8.10. The molecule has 3 heterocycles. The van der Waals surface area contributed by atoms with E-state index in [0.29, 0.717) is 0 Å². The van der Waals surface area contributed by atoms with Crippen LogP contribution in [0.25, 0.3) is 33.2 Å². The van der Waals surface area contributed by atoms with Crippen molar-refractivity contribution < 1.29 is 9.53 Å². The molecule has 26 heavy (non-hydrogen) atoms. The Morgan fingerprint density at radius 2 is 1.65 bits per heavy atom. The van der Waals surface area contributed by atoms with E-state index >= 15 is 0 Å². The molecule has 0 bridgehead atoms. The number of aromatic nitrogens is 3. The average molecular weight is 341 g/mol. The molecule has 0 atom stereocenters. The predicted molar refractivity (Wildman–Crippen MR) is 99.5 cm³/mol. The largest absolute Gasteiger partial charge is 0.464 e. The van der Waals surface area contributed by atoms with E-state index in [-0.39, 0.29) is 5.69 Å². The number of esters is 1. The van der Waals surface area contributed by atoms with E-state index in [9.17, 15) is 4.79 Å². The highest BCUT2D eigenvalue weighted by Gasteiger charge is 2.09. The van der Waals surface area contributed by atoms with E-state index < -0.39 is 5.97 Å². The zero-order valence-electron chi connectivity index (χ0n) is 14.1. The van der Waals surface area contributed by atoms with Gasteiger partial charge in [0.25, 0.3) is 0 Å².